The van der Waals surface area contributed by atoms with Gasteiger partial charge in [-0.1, -0.05) is 0 Å². The molecular weight excluding hydrogens is 272 g/mol. The molecule has 1 aromatic rings. The number of nitrogens with one attached hydrogen (secondary N) is 1. The van der Waals surface area contributed by atoms with Gasteiger partial charge < -0.3 is 15.0 Å². The molecule has 7 heteroatoms. The molecule has 1 unspecified atom stereocenters. The summed E-state index contributed by atoms with van der Waals surface area (Å²) < 4.78 is 6.81. The molecule has 0 spiro atoms. The van der Waals surface area contributed by atoms with Gasteiger partial charge in [-0.15, -0.1) is 0 Å². The zero-order chi connectivity index (χ0) is 15.0. The molecule has 2 aliphatic heterocycles. The average molecular weight is 292 g/mol. The lowest BCUT2D eigenvalue weighted by molar-refractivity contribution is -0.148. The smallest absolute Gasteiger partial charge is 0.312 e. The molecule has 1 amide bonds. The van der Waals surface area contributed by atoms with Crippen LogP contribution < -0.4 is 5.32 Å². The molecule has 1 aromatic heterocycles. The number of carbonyl (C=O) groups is 2. The Kier molecular flexibility index (Phi) is 3.67. The fourth-order valence-electron chi connectivity index (χ4n) is 3.00. The van der Waals surface area contributed by atoms with Gasteiger partial charge in [-0.3, -0.25) is 14.3 Å². The van der Waals surface area contributed by atoms with Crippen molar-refractivity contribution in [2.24, 2.45) is 5.92 Å². The predicted octanol–water partition coefficient (Wildman–Crippen LogP) is -0.206. The Morgan fingerprint density at radius 1 is 1.48 bits per heavy atom. The van der Waals surface area contributed by atoms with Crippen LogP contribution in [-0.4, -0.2) is 53.3 Å². The maximum absolute atomic E-state index is 12.6. The zero-order valence-electron chi connectivity index (χ0n) is 12.4. The maximum Gasteiger partial charge on any atom is 0.312 e. The summed E-state index contributed by atoms with van der Waals surface area (Å²) in [6, 6.07) is 0. The summed E-state index contributed by atoms with van der Waals surface area (Å²) in [5.41, 5.74) is 2.56. The normalized spacial score (nSPS) is 21.5. The molecule has 1 N–H and O–H groups in total. The largest absolute Gasteiger partial charge is 0.466 e. The van der Waals surface area contributed by atoms with E-state index in [2.05, 4.69) is 10.4 Å². The standard InChI is InChI=1S/C14H20N4O3/c1-3-21-14(20)9-7-17(2)13(19)12-10-6-15-5-4-11(10)16-18(12)8-9/h9,15H,3-8H2,1-2H3. The quantitative estimate of drug-likeness (QED) is 0.764. The Bertz CT molecular complexity index is 581. The van der Waals surface area contributed by atoms with Crippen LogP contribution in [0.3, 0.4) is 0 Å². The Morgan fingerprint density at radius 2 is 2.29 bits per heavy atom. The van der Waals surface area contributed by atoms with Crippen LogP contribution in [0.15, 0.2) is 0 Å². The highest BCUT2D eigenvalue weighted by molar-refractivity contribution is 5.95. The second-order valence-electron chi connectivity index (χ2n) is 5.52. The van der Waals surface area contributed by atoms with Gasteiger partial charge in [0.25, 0.3) is 5.91 Å². The van der Waals surface area contributed by atoms with Crippen LogP contribution in [0.4, 0.5) is 0 Å². The van der Waals surface area contributed by atoms with E-state index in [1.54, 1.807) is 23.6 Å². The Hall–Kier alpha value is -1.89. The van der Waals surface area contributed by atoms with Crippen LogP contribution >= 0.6 is 0 Å². The van der Waals surface area contributed by atoms with Gasteiger partial charge in [-0.2, -0.15) is 5.10 Å². The number of fused-ring (bicyclic) bond motifs is 3. The van der Waals surface area contributed by atoms with Crippen molar-refractivity contribution in [3.05, 3.63) is 17.0 Å². The van der Waals surface area contributed by atoms with Gasteiger partial charge in [-0.05, 0) is 6.92 Å². The fraction of sp³-hybridized carbons (Fsp3) is 0.643. The highest BCUT2D eigenvalue weighted by Crippen LogP contribution is 2.24. The third-order valence-corrected chi connectivity index (χ3v) is 4.03. The first-order valence-corrected chi connectivity index (χ1v) is 7.33. The zero-order valence-corrected chi connectivity index (χ0v) is 12.4. The van der Waals surface area contributed by atoms with E-state index in [1.807, 2.05) is 0 Å². The summed E-state index contributed by atoms with van der Waals surface area (Å²) in [6.07, 6.45) is 0.816. The second kappa shape index (κ2) is 5.48. The van der Waals surface area contributed by atoms with Crippen LogP contribution in [0.5, 0.6) is 0 Å². The summed E-state index contributed by atoms with van der Waals surface area (Å²) >= 11 is 0. The molecule has 2 aliphatic rings. The number of aromatic nitrogens is 2. The van der Waals surface area contributed by atoms with E-state index < -0.39 is 0 Å². The number of rotatable bonds is 2. The number of esters is 1. The van der Waals surface area contributed by atoms with Crippen molar-refractivity contribution in [1.82, 2.24) is 20.0 Å². The van der Waals surface area contributed by atoms with Gasteiger partial charge in [0.2, 0.25) is 0 Å². The monoisotopic (exact) mass is 292 g/mol. The van der Waals surface area contributed by atoms with Gasteiger partial charge in [-0.25, -0.2) is 0 Å². The summed E-state index contributed by atoms with van der Waals surface area (Å²) in [5, 5.41) is 7.82. The fourth-order valence-corrected chi connectivity index (χ4v) is 3.00. The third kappa shape index (κ3) is 2.42. The number of hydrogen-bond donors (Lipinski definition) is 1. The van der Waals surface area contributed by atoms with Crippen LogP contribution in [0.2, 0.25) is 0 Å². The molecule has 0 fully saturated rings. The van der Waals surface area contributed by atoms with Crippen molar-refractivity contribution < 1.29 is 14.3 Å². The minimum absolute atomic E-state index is 0.0701. The van der Waals surface area contributed by atoms with Gasteiger partial charge in [0, 0.05) is 38.7 Å². The van der Waals surface area contributed by atoms with Gasteiger partial charge in [0.15, 0.2) is 0 Å². The second-order valence-corrected chi connectivity index (χ2v) is 5.52. The molecule has 0 aliphatic carbocycles. The van der Waals surface area contributed by atoms with E-state index >= 15 is 0 Å². The lowest BCUT2D eigenvalue weighted by Gasteiger charge is -2.19. The molecule has 1 atom stereocenters. The highest BCUT2D eigenvalue weighted by atomic mass is 16.5. The summed E-state index contributed by atoms with van der Waals surface area (Å²) in [5.74, 6) is -0.703. The number of nitrogens with zero attached hydrogens (tertiary/aromatic N) is 3. The number of hydrogen-bond acceptors (Lipinski definition) is 5. The lowest BCUT2D eigenvalue weighted by atomic mass is 10.1. The van der Waals surface area contributed by atoms with Crippen LogP contribution in [0, 0.1) is 5.92 Å². The minimum Gasteiger partial charge on any atom is -0.466 e. The van der Waals surface area contributed by atoms with Crippen molar-refractivity contribution >= 4 is 11.9 Å². The van der Waals surface area contributed by atoms with Crippen molar-refractivity contribution in [2.45, 2.75) is 26.4 Å². The summed E-state index contributed by atoms with van der Waals surface area (Å²) in [7, 11) is 1.72. The number of ether oxygens (including phenoxy) is 1. The first-order valence-electron chi connectivity index (χ1n) is 7.33. The van der Waals surface area contributed by atoms with Gasteiger partial charge >= 0.3 is 5.97 Å². The maximum atomic E-state index is 12.6. The third-order valence-electron chi connectivity index (χ3n) is 4.03. The topological polar surface area (TPSA) is 76.5 Å². The van der Waals surface area contributed by atoms with Crippen LogP contribution in [0.25, 0.3) is 0 Å². The molecule has 114 valence electrons. The molecule has 21 heavy (non-hydrogen) atoms. The highest BCUT2D eigenvalue weighted by Gasteiger charge is 2.35. The molecule has 0 aromatic carbocycles. The SMILES string of the molecule is CCOC(=O)C1CN(C)C(=O)c2c3c(nn2C1)CCNC3. The predicted molar refractivity (Wildman–Crippen MR) is 74.7 cm³/mol. The first-order chi connectivity index (χ1) is 10.1. The van der Waals surface area contributed by atoms with Crippen molar-refractivity contribution in [1.29, 1.82) is 0 Å². The van der Waals surface area contributed by atoms with Crippen molar-refractivity contribution in [2.75, 3.05) is 26.7 Å². The van der Waals surface area contributed by atoms with Crippen molar-refractivity contribution in [3.63, 3.8) is 0 Å². The Balaban J connectivity index is 1.98. The molecule has 3 rings (SSSR count). The lowest BCUT2D eigenvalue weighted by Crippen LogP contribution is -2.35. The molecule has 0 bridgehead atoms. The summed E-state index contributed by atoms with van der Waals surface area (Å²) in [4.78, 5) is 26.2. The molecule has 0 saturated carbocycles. The Morgan fingerprint density at radius 3 is 3.05 bits per heavy atom. The van der Waals surface area contributed by atoms with Crippen LogP contribution in [0.1, 0.15) is 28.7 Å². The molecule has 3 heterocycles. The van der Waals surface area contributed by atoms with Crippen LogP contribution in [-0.2, 0) is 29.0 Å². The van der Waals surface area contributed by atoms with Gasteiger partial charge in [0.1, 0.15) is 5.69 Å². The molecular formula is C14H20N4O3. The van der Waals surface area contributed by atoms with E-state index in [0.717, 1.165) is 24.2 Å². The van der Waals surface area contributed by atoms with E-state index in [9.17, 15) is 9.59 Å². The molecule has 0 saturated heterocycles. The first kappa shape index (κ1) is 14.1. The van der Waals surface area contributed by atoms with Crippen molar-refractivity contribution in [3.8, 4) is 0 Å². The van der Waals surface area contributed by atoms with E-state index in [0.29, 0.717) is 31.9 Å². The van der Waals surface area contributed by atoms with Gasteiger partial charge in [0.05, 0.1) is 24.8 Å². The molecule has 7 nitrogen and oxygen atoms in total. The van der Waals surface area contributed by atoms with E-state index in [1.165, 1.54) is 0 Å². The van der Waals surface area contributed by atoms with E-state index in [-0.39, 0.29) is 17.8 Å². The number of amides is 1. The molecule has 0 radical (unpaired) electrons. The summed E-state index contributed by atoms with van der Waals surface area (Å²) in [6.45, 7) is 4.43. The average Bonchev–Trinajstić information content (AvgIpc) is 2.78. The number of carbonyl (C=O) groups excluding carboxylic acids is 2. The van der Waals surface area contributed by atoms with E-state index in [4.69, 9.17) is 4.74 Å². The minimum atomic E-state index is -0.366. The Labute approximate surface area is 123 Å².